The minimum atomic E-state index is -1.04. The van der Waals surface area contributed by atoms with Gasteiger partial charge in [0, 0.05) is 12.2 Å². The zero-order valence-corrected chi connectivity index (χ0v) is 15.4. The Labute approximate surface area is 161 Å². The molecule has 1 atom stereocenters. The van der Waals surface area contributed by atoms with Gasteiger partial charge in [-0.15, -0.1) is 0 Å². The molecule has 0 aliphatic carbocycles. The molecule has 8 heteroatoms. The Balaban J connectivity index is 1.89. The number of carbonyl (C=O) groups is 3. The minimum absolute atomic E-state index is 0.269. The molecule has 2 aromatic carbocycles. The molecular formula is C20H19FN2O5. The number of nitrogens with one attached hydrogen (secondary N) is 1. The summed E-state index contributed by atoms with van der Waals surface area (Å²) >= 11 is 0. The molecule has 146 valence electrons. The molecule has 0 aromatic heterocycles. The maximum absolute atomic E-state index is 13.8. The van der Waals surface area contributed by atoms with E-state index < -0.39 is 29.8 Å². The molecule has 0 fully saturated rings. The van der Waals surface area contributed by atoms with Gasteiger partial charge in [-0.05, 0) is 53.9 Å². The van der Waals surface area contributed by atoms with E-state index in [1.54, 1.807) is 18.2 Å². The van der Waals surface area contributed by atoms with Crippen LogP contribution in [0.4, 0.5) is 14.9 Å². The van der Waals surface area contributed by atoms with E-state index in [0.717, 1.165) is 5.56 Å². The number of rotatable bonds is 3. The van der Waals surface area contributed by atoms with E-state index in [0.29, 0.717) is 23.2 Å². The van der Waals surface area contributed by atoms with Crippen LogP contribution in [-0.2, 0) is 20.7 Å². The molecule has 1 aliphatic rings. The fourth-order valence-corrected chi connectivity index (χ4v) is 3.20. The fraction of sp³-hybridized carbons (Fsp3) is 0.250. The predicted octanol–water partition coefficient (Wildman–Crippen LogP) is 2.92. The molecule has 0 saturated carbocycles. The molecule has 0 saturated heterocycles. The van der Waals surface area contributed by atoms with Gasteiger partial charge in [0.1, 0.15) is 11.9 Å². The van der Waals surface area contributed by atoms with Gasteiger partial charge >= 0.3 is 12.1 Å². The zero-order chi connectivity index (χ0) is 20.3. The lowest BCUT2D eigenvalue weighted by atomic mass is 9.92. The molecule has 0 unspecified atom stereocenters. The third-order valence-corrected chi connectivity index (χ3v) is 4.57. The topological polar surface area (TPSA) is 84.9 Å². The first-order valence-corrected chi connectivity index (χ1v) is 8.56. The molecule has 1 N–H and O–H groups in total. The van der Waals surface area contributed by atoms with Gasteiger partial charge in [-0.1, -0.05) is 6.07 Å². The number of carbonyl (C=O) groups excluding carboxylic acids is 3. The van der Waals surface area contributed by atoms with Crippen molar-refractivity contribution in [1.29, 1.82) is 0 Å². The van der Waals surface area contributed by atoms with Gasteiger partial charge in [-0.2, -0.15) is 0 Å². The van der Waals surface area contributed by atoms with Crippen LogP contribution in [0.1, 0.15) is 27.5 Å². The van der Waals surface area contributed by atoms with Gasteiger partial charge < -0.3 is 14.8 Å². The Kier molecular flexibility index (Phi) is 5.58. The first kappa shape index (κ1) is 19.3. The van der Waals surface area contributed by atoms with Crippen molar-refractivity contribution in [2.45, 2.75) is 12.5 Å². The van der Waals surface area contributed by atoms with Crippen LogP contribution in [0, 0.1) is 5.82 Å². The van der Waals surface area contributed by atoms with Crippen molar-refractivity contribution in [3.05, 3.63) is 65.0 Å². The van der Waals surface area contributed by atoms with E-state index in [1.165, 1.54) is 43.4 Å². The number of hydrogen-bond acceptors (Lipinski definition) is 5. The van der Waals surface area contributed by atoms with Crippen LogP contribution in [-0.4, -0.2) is 43.6 Å². The van der Waals surface area contributed by atoms with Gasteiger partial charge in [0.25, 0.3) is 5.91 Å². The van der Waals surface area contributed by atoms with E-state index in [1.807, 2.05) is 0 Å². The Bertz CT molecular complexity index is 913. The maximum atomic E-state index is 13.8. The second-order valence-electron chi connectivity index (χ2n) is 6.22. The largest absolute Gasteiger partial charge is 0.465 e. The Morgan fingerprint density at radius 2 is 1.79 bits per heavy atom. The minimum Gasteiger partial charge on any atom is -0.465 e. The first-order chi connectivity index (χ1) is 13.4. The SMILES string of the molecule is COC(=O)c1ccc(NC(=O)[C@H]2c3cc(F)ccc3CCN2C(=O)OC)cc1. The Morgan fingerprint density at radius 1 is 1.07 bits per heavy atom. The summed E-state index contributed by atoms with van der Waals surface area (Å²) in [6.07, 6.45) is -0.182. The number of benzene rings is 2. The monoisotopic (exact) mass is 386 g/mol. The molecule has 0 bridgehead atoms. The van der Waals surface area contributed by atoms with Crippen LogP contribution in [0.5, 0.6) is 0 Å². The fourth-order valence-electron chi connectivity index (χ4n) is 3.20. The smallest absolute Gasteiger partial charge is 0.410 e. The molecule has 0 radical (unpaired) electrons. The number of nitrogens with zero attached hydrogens (tertiary/aromatic N) is 1. The van der Waals surface area contributed by atoms with Gasteiger partial charge in [0.2, 0.25) is 0 Å². The van der Waals surface area contributed by atoms with Crippen LogP contribution in [0.25, 0.3) is 0 Å². The Morgan fingerprint density at radius 3 is 2.43 bits per heavy atom. The lowest BCUT2D eigenvalue weighted by Gasteiger charge is -2.35. The molecular weight excluding hydrogens is 367 g/mol. The number of ether oxygens (including phenoxy) is 2. The van der Waals surface area contributed by atoms with Gasteiger partial charge in [-0.3, -0.25) is 9.69 Å². The molecule has 1 heterocycles. The molecule has 2 amide bonds. The summed E-state index contributed by atoms with van der Waals surface area (Å²) in [5, 5.41) is 2.70. The number of fused-ring (bicyclic) bond motifs is 1. The van der Waals surface area contributed by atoms with Crippen molar-refractivity contribution in [3.63, 3.8) is 0 Å². The van der Waals surface area contributed by atoms with E-state index in [2.05, 4.69) is 10.1 Å². The number of halogens is 1. The number of anilines is 1. The van der Waals surface area contributed by atoms with Crippen LogP contribution in [0.2, 0.25) is 0 Å². The van der Waals surface area contributed by atoms with Crippen molar-refractivity contribution >= 4 is 23.7 Å². The van der Waals surface area contributed by atoms with Gasteiger partial charge in [0.15, 0.2) is 0 Å². The van der Waals surface area contributed by atoms with Crippen molar-refractivity contribution in [3.8, 4) is 0 Å². The van der Waals surface area contributed by atoms with Crippen LogP contribution < -0.4 is 5.32 Å². The van der Waals surface area contributed by atoms with Crippen molar-refractivity contribution in [1.82, 2.24) is 4.90 Å². The molecule has 3 rings (SSSR count). The maximum Gasteiger partial charge on any atom is 0.410 e. The summed E-state index contributed by atoms with van der Waals surface area (Å²) < 4.78 is 23.2. The van der Waals surface area contributed by atoms with Crippen molar-refractivity contribution in [2.75, 3.05) is 26.1 Å². The number of esters is 1. The van der Waals surface area contributed by atoms with Gasteiger partial charge in [-0.25, -0.2) is 14.0 Å². The second-order valence-corrected chi connectivity index (χ2v) is 6.22. The van der Waals surface area contributed by atoms with E-state index in [9.17, 15) is 18.8 Å². The number of hydrogen-bond donors (Lipinski definition) is 1. The third kappa shape index (κ3) is 3.80. The lowest BCUT2D eigenvalue weighted by molar-refractivity contribution is -0.121. The highest BCUT2D eigenvalue weighted by Gasteiger charge is 2.37. The quantitative estimate of drug-likeness (QED) is 0.820. The summed E-state index contributed by atoms with van der Waals surface area (Å²) in [5.41, 5.74) is 1.97. The Hall–Kier alpha value is -3.42. The highest BCUT2D eigenvalue weighted by Crippen LogP contribution is 2.32. The summed E-state index contributed by atoms with van der Waals surface area (Å²) in [4.78, 5) is 37.9. The van der Waals surface area contributed by atoms with E-state index in [4.69, 9.17) is 4.74 Å². The lowest BCUT2D eigenvalue weighted by Crippen LogP contribution is -2.45. The normalized spacial score (nSPS) is 15.4. The van der Waals surface area contributed by atoms with Crippen LogP contribution >= 0.6 is 0 Å². The summed E-state index contributed by atoms with van der Waals surface area (Å²) in [7, 11) is 2.50. The highest BCUT2D eigenvalue weighted by molar-refractivity contribution is 5.98. The summed E-state index contributed by atoms with van der Waals surface area (Å²) in [6, 6.07) is 9.27. The van der Waals surface area contributed by atoms with Crippen LogP contribution in [0.15, 0.2) is 42.5 Å². The molecule has 0 spiro atoms. The predicted molar refractivity (Wildman–Crippen MR) is 98.4 cm³/mol. The summed E-state index contributed by atoms with van der Waals surface area (Å²) in [5.74, 6) is -1.50. The first-order valence-electron chi connectivity index (χ1n) is 8.56. The molecule has 28 heavy (non-hydrogen) atoms. The molecule has 7 nitrogen and oxygen atoms in total. The van der Waals surface area contributed by atoms with E-state index in [-0.39, 0.29) is 6.54 Å². The average molecular weight is 386 g/mol. The van der Waals surface area contributed by atoms with E-state index >= 15 is 0 Å². The van der Waals surface area contributed by atoms with Gasteiger partial charge in [0.05, 0.1) is 19.8 Å². The van der Waals surface area contributed by atoms with Crippen molar-refractivity contribution in [2.24, 2.45) is 0 Å². The second kappa shape index (κ2) is 8.08. The standard InChI is InChI=1S/C20H19FN2O5/c1-27-19(25)13-4-7-15(8-5-13)22-18(24)17-16-11-14(21)6-3-12(16)9-10-23(17)20(26)28-2/h3-8,11,17H,9-10H2,1-2H3,(H,22,24)/t17-/m1/s1. The van der Waals surface area contributed by atoms with Crippen LogP contribution in [0.3, 0.4) is 0 Å². The van der Waals surface area contributed by atoms with Crippen molar-refractivity contribution < 1.29 is 28.2 Å². The third-order valence-electron chi connectivity index (χ3n) is 4.57. The number of amides is 2. The average Bonchev–Trinajstić information content (AvgIpc) is 2.72. The highest BCUT2D eigenvalue weighted by atomic mass is 19.1. The zero-order valence-electron chi connectivity index (χ0n) is 15.4. The molecule has 1 aliphatic heterocycles. The molecule has 2 aromatic rings. The number of methoxy groups -OCH3 is 2. The summed E-state index contributed by atoms with van der Waals surface area (Å²) in [6.45, 7) is 0.269.